The molecule has 6 heteroatoms. The zero-order valence-electron chi connectivity index (χ0n) is 12.5. The van der Waals surface area contributed by atoms with Crippen LogP contribution in [0.5, 0.6) is 0 Å². The predicted octanol–water partition coefficient (Wildman–Crippen LogP) is 1.83. The van der Waals surface area contributed by atoms with Gasteiger partial charge in [-0.1, -0.05) is 12.2 Å². The number of urea groups is 1. The van der Waals surface area contributed by atoms with Crippen LogP contribution in [0.25, 0.3) is 0 Å². The molecule has 1 aliphatic heterocycles. The van der Waals surface area contributed by atoms with Crippen LogP contribution in [-0.2, 0) is 4.74 Å². The molecule has 22 heavy (non-hydrogen) atoms. The third-order valence-corrected chi connectivity index (χ3v) is 4.19. The summed E-state index contributed by atoms with van der Waals surface area (Å²) < 4.78 is 10.7. The van der Waals surface area contributed by atoms with Crippen molar-refractivity contribution in [3.63, 3.8) is 0 Å². The van der Waals surface area contributed by atoms with E-state index < -0.39 is 6.10 Å². The highest BCUT2D eigenvalue weighted by Gasteiger charge is 2.31. The number of nitrogens with zero attached hydrogens (tertiary/aromatic N) is 1. The van der Waals surface area contributed by atoms with Crippen molar-refractivity contribution < 1.29 is 19.1 Å². The van der Waals surface area contributed by atoms with Crippen molar-refractivity contribution in [1.29, 1.82) is 0 Å². The molecule has 2 unspecified atom stereocenters. The monoisotopic (exact) mass is 306 g/mol. The van der Waals surface area contributed by atoms with Crippen molar-refractivity contribution in [3.8, 4) is 0 Å². The first-order valence-corrected chi connectivity index (χ1v) is 7.75. The standard InChI is InChI=1S/C16H22N2O4/c19-14(15-6-3-8-22-15)10-13-11-21-9-7-18(13)16(20)17-12-4-1-2-5-12/h1-3,6,8,12-14,19H,4-5,7,9-11H2,(H,17,20). The van der Waals surface area contributed by atoms with Crippen LogP contribution in [0.1, 0.15) is 31.1 Å². The van der Waals surface area contributed by atoms with Gasteiger partial charge in [-0.15, -0.1) is 0 Å². The van der Waals surface area contributed by atoms with E-state index in [-0.39, 0.29) is 18.1 Å². The first-order valence-electron chi connectivity index (χ1n) is 7.75. The van der Waals surface area contributed by atoms with E-state index in [2.05, 4.69) is 17.5 Å². The second-order valence-electron chi connectivity index (χ2n) is 5.78. The largest absolute Gasteiger partial charge is 0.467 e. The highest BCUT2D eigenvalue weighted by atomic mass is 16.5. The maximum atomic E-state index is 12.5. The number of ether oxygens (including phenoxy) is 1. The number of furan rings is 1. The van der Waals surface area contributed by atoms with Gasteiger partial charge in [0.1, 0.15) is 11.9 Å². The lowest BCUT2D eigenvalue weighted by Crippen LogP contribution is -2.54. The minimum atomic E-state index is -0.731. The van der Waals surface area contributed by atoms with Crippen LogP contribution < -0.4 is 5.32 Å². The number of amides is 2. The molecular weight excluding hydrogens is 284 g/mol. The number of nitrogens with one attached hydrogen (secondary N) is 1. The van der Waals surface area contributed by atoms with E-state index in [1.165, 1.54) is 6.26 Å². The number of aliphatic hydroxyl groups excluding tert-OH is 1. The van der Waals surface area contributed by atoms with Crippen molar-refractivity contribution in [1.82, 2.24) is 10.2 Å². The molecule has 2 heterocycles. The SMILES string of the molecule is O=C(NC1CC=CC1)N1CCOCC1CC(O)c1ccco1. The van der Waals surface area contributed by atoms with Gasteiger partial charge in [0.25, 0.3) is 0 Å². The first kappa shape index (κ1) is 15.1. The van der Waals surface area contributed by atoms with Crippen LogP contribution in [0.15, 0.2) is 35.0 Å². The molecule has 120 valence electrons. The van der Waals surface area contributed by atoms with E-state index in [1.54, 1.807) is 17.0 Å². The van der Waals surface area contributed by atoms with Gasteiger partial charge in [0.15, 0.2) is 0 Å². The Hall–Kier alpha value is -1.79. The average Bonchev–Trinajstić information content (AvgIpc) is 3.21. The van der Waals surface area contributed by atoms with Crippen LogP contribution in [0, 0.1) is 0 Å². The van der Waals surface area contributed by atoms with E-state index in [0.717, 1.165) is 12.8 Å². The fraction of sp³-hybridized carbons (Fsp3) is 0.562. The van der Waals surface area contributed by atoms with Crippen LogP contribution in [0.2, 0.25) is 0 Å². The van der Waals surface area contributed by atoms with Crippen molar-refractivity contribution in [2.45, 2.75) is 37.5 Å². The maximum absolute atomic E-state index is 12.5. The van der Waals surface area contributed by atoms with Gasteiger partial charge in [-0.05, 0) is 25.0 Å². The minimum Gasteiger partial charge on any atom is -0.467 e. The van der Waals surface area contributed by atoms with E-state index in [0.29, 0.717) is 31.9 Å². The molecule has 2 amide bonds. The Morgan fingerprint density at radius 3 is 3.00 bits per heavy atom. The fourth-order valence-electron chi connectivity index (χ4n) is 2.96. The Bertz CT molecular complexity index is 506. The van der Waals surface area contributed by atoms with Gasteiger partial charge in [0.05, 0.1) is 25.5 Å². The summed E-state index contributed by atoms with van der Waals surface area (Å²) >= 11 is 0. The predicted molar refractivity (Wildman–Crippen MR) is 80.3 cm³/mol. The molecule has 1 aliphatic carbocycles. The molecule has 0 aromatic carbocycles. The maximum Gasteiger partial charge on any atom is 0.318 e. The smallest absolute Gasteiger partial charge is 0.318 e. The number of aliphatic hydroxyl groups is 1. The molecule has 1 aromatic heterocycles. The number of rotatable bonds is 4. The zero-order valence-corrected chi connectivity index (χ0v) is 12.5. The number of carbonyl (C=O) groups excluding carboxylic acids is 1. The highest BCUT2D eigenvalue weighted by Crippen LogP contribution is 2.23. The lowest BCUT2D eigenvalue weighted by Gasteiger charge is -2.37. The second kappa shape index (κ2) is 6.98. The van der Waals surface area contributed by atoms with Crippen molar-refractivity contribution >= 4 is 6.03 Å². The third kappa shape index (κ3) is 3.51. The summed E-state index contributed by atoms with van der Waals surface area (Å²) in [5, 5.41) is 13.3. The van der Waals surface area contributed by atoms with Crippen LogP contribution >= 0.6 is 0 Å². The molecule has 2 atom stereocenters. The van der Waals surface area contributed by atoms with Crippen molar-refractivity contribution in [3.05, 3.63) is 36.3 Å². The van der Waals surface area contributed by atoms with Crippen molar-refractivity contribution in [2.24, 2.45) is 0 Å². The zero-order chi connectivity index (χ0) is 15.4. The summed E-state index contributed by atoms with van der Waals surface area (Å²) in [7, 11) is 0. The van der Waals surface area contributed by atoms with Crippen molar-refractivity contribution in [2.75, 3.05) is 19.8 Å². The molecule has 3 rings (SSSR count). The summed E-state index contributed by atoms with van der Waals surface area (Å²) in [6.45, 7) is 1.51. The Morgan fingerprint density at radius 1 is 1.45 bits per heavy atom. The van der Waals surface area contributed by atoms with E-state index in [4.69, 9.17) is 9.15 Å². The number of hydrogen-bond donors (Lipinski definition) is 2. The third-order valence-electron chi connectivity index (χ3n) is 4.19. The second-order valence-corrected chi connectivity index (χ2v) is 5.78. The van der Waals surface area contributed by atoms with Gasteiger partial charge in [-0.3, -0.25) is 0 Å². The quantitative estimate of drug-likeness (QED) is 0.832. The molecule has 0 radical (unpaired) electrons. The summed E-state index contributed by atoms with van der Waals surface area (Å²) in [5.74, 6) is 0.519. The van der Waals surface area contributed by atoms with Gasteiger partial charge >= 0.3 is 6.03 Å². The van der Waals surface area contributed by atoms with E-state index in [9.17, 15) is 9.90 Å². The summed E-state index contributed by atoms with van der Waals surface area (Å²) in [6.07, 6.45) is 7.15. The molecule has 6 nitrogen and oxygen atoms in total. The van der Waals surface area contributed by atoms with Crippen LogP contribution in [-0.4, -0.2) is 47.9 Å². The Labute approximate surface area is 129 Å². The summed E-state index contributed by atoms with van der Waals surface area (Å²) in [5.41, 5.74) is 0. The minimum absolute atomic E-state index is 0.0753. The van der Waals surface area contributed by atoms with E-state index >= 15 is 0 Å². The Kier molecular flexibility index (Phi) is 4.80. The number of carbonyl (C=O) groups is 1. The molecule has 2 aliphatic rings. The molecule has 2 N–H and O–H groups in total. The fourth-order valence-corrected chi connectivity index (χ4v) is 2.96. The number of morpholine rings is 1. The molecule has 0 bridgehead atoms. The topological polar surface area (TPSA) is 74.9 Å². The van der Waals surface area contributed by atoms with Gasteiger partial charge < -0.3 is 24.5 Å². The molecular formula is C16H22N2O4. The molecule has 1 aromatic rings. The Morgan fingerprint density at radius 2 is 2.27 bits per heavy atom. The van der Waals surface area contributed by atoms with Gasteiger partial charge in [-0.2, -0.15) is 0 Å². The normalized spacial score (nSPS) is 23.7. The number of hydrogen-bond acceptors (Lipinski definition) is 4. The first-order chi connectivity index (χ1) is 10.7. The molecule has 1 fully saturated rings. The molecule has 0 spiro atoms. The highest BCUT2D eigenvalue weighted by molar-refractivity contribution is 5.75. The lowest BCUT2D eigenvalue weighted by atomic mass is 10.1. The summed E-state index contributed by atoms with van der Waals surface area (Å²) in [4.78, 5) is 14.2. The van der Waals surface area contributed by atoms with E-state index in [1.807, 2.05) is 0 Å². The van der Waals surface area contributed by atoms with Crippen LogP contribution in [0.4, 0.5) is 4.79 Å². The van der Waals surface area contributed by atoms with Gasteiger partial charge in [0, 0.05) is 19.0 Å². The Balaban J connectivity index is 1.59. The average molecular weight is 306 g/mol. The molecule has 1 saturated heterocycles. The lowest BCUT2D eigenvalue weighted by molar-refractivity contribution is -0.0101. The summed E-state index contributed by atoms with van der Waals surface area (Å²) in [6, 6.07) is 3.44. The van der Waals surface area contributed by atoms with Gasteiger partial charge in [-0.25, -0.2) is 4.79 Å². The molecule has 0 saturated carbocycles. The van der Waals surface area contributed by atoms with Crippen LogP contribution in [0.3, 0.4) is 0 Å². The van der Waals surface area contributed by atoms with Gasteiger partial charge in [0.2, 0.25) is 0 Å².